The average Bonchev–Trinajstić information content (AvgIpc) is 2.68. The van der Waals surface area contributed by atoms with E-state index in [-0.39, 0.29) is 0 Å². The van der Waals surface area contributed by atoms with Gasteiger partial charge in [0, 0.05) is 45.3 Å². The fraction of sp³-hybridized carbons (Fsp3) is 0.652. The van der Waals surface area contributed by atoms with Crippen LogP contribution in [0.15, 0.2) is 34.3 Å². The van der Waals surface area contributed by atoms with E-state index in [1.165, 1.54) is 0 Å². The second-order valence-electron chi connectivity index (χ2n) is 8.14. The number of hydrogen-bond acceptors (Lipinski definition) is 5. The molecule has 0 spiro atoms. The molecule has 30 heavy (non-hydrogen) atoms. The molecular formula is C23H42N2O3Si2. The Kier molecular flexibility index (Phi) is 13.3. The predicted octanol–water partition coefficient (Wildman–Crippen LogP) is 5.69. The largest absolute Gasteiger partial charge is 0.418 e. The van der Waals surface area contributed by atoms with Crippen molar-refractivity contribution in [3.05, 3.63) is 35.4 Å². The topological polar surface area (TPSA) is 52.4 Å². The molecule has 0 N–H and O–H groups in total. The fourth-order valence-electron chi connectivity index (χ4n) is 3.41. The van der Waals surface area contributed by atoms with Gasteiger partial charge in [-0.15, -0.1) is 0 Å². The number of hydrogen-bond donors (Lipinski definition) is 0. The summed E-state index contributed by atoms with van der Waals surface area (Å²) in [4.78, 5) is 9.18. The third kappa shape index (κ3) is 11.9. The van der Waals surface area contributed by atoms with E-state index in [9.17, 15) is 0 Å². The van der Waals surface area contributed by atoms with Crippen LogP contribution >= 0.6 is 0 Å². The van der Waals surface area contributed by atoms with E-state index in [1.54, 1.807) is 0 Å². The van der Waals surface area contributed by atoms with Crippen LogP contribution in [0.1, 0.15) is 44.7 Å². The Hall–Kier alpha value is -1.13. The molecule has 0 aliphatic rings. The first-order valence-corrected chi connectivity index (χ1v) is 17.0. The molecule has 170 valence electrons. The molecule has 0 saturated carbocycles. The zero-order valence-electron chi connectivity index (χ0n) is 19.9. The van der Waals surface area contributed by atoms with Gasteiger partial charge in [0.15, 0.2) is 8.32 Å². The molecule has 0 aliphatic carbocycles. The quantitative estimate of drug-likeness (QED) is 0.185. The lowest BCUT2D eigenvalue weighted by atomic mass is 10.1. The minimum Gasteiger partial charge on any atom is -0.418 e. The Morgan fingerprint density at radius 1 is 0.767 bits per heavy atom. The number of benzene rings is 1. The van der Waals surface area contributed by atoms with Crippen LogP contribution in [-0.2, 0) is 13.3 Å². The first-order valence-electron chi connectivity index (χ1n) is 11.4. The molecule has 0 radical (unpaired) electrons. The molecule has 0 fully saturated rings. The van der Waals surface area contributed by atoms with Crippen molar-refractivity contribution in [2.24, 2.45) is 9.98 Å². The summed E-state index contributed by atoms with van der Waals surface area (Å²) in [5.41, 5.74) is 2.23. The molecule has 5 nitrogen and oxygen atoms in total. The smallest absolute Gasteiger partial charge is 0.334 e. The summed E-state index contributed by atoms with van der Waals surface area (Å²) >= 11 is 0. The third-order valence-electron chi connectivity index (χ3n) is 4.81. The Bertz CT molecular complexity index is 645. The summed E-state index contributed by atoms with van der Waals surface area (Å²) in [7, 11) is -3.51. The molecule has 0 amide bonds. The van der Waals surface area contributed by atoms with Gasteiger partial charge in [-0.2, -0.15) is 0 Å². The molecule has 7 heteroatoms. The average molecular weight is 451 g/mol. The maximum Gasteiger partial charge on any atom is 0.334 e. The van der Waals surface area contributed by atoms with Crippen molar-refractivity contribution in [2.45, 2.75) is 65.3 Å². The Morgan fingerprint density at radius 2 is 1.27 bits per heavy atom. The van der Waals surface area contributed by atoms with Gasteiger partial charge in [-0.05, 0) is 82.5 Å². The predicted molar refractivity (Wildman–Crippen MR) is 134 cm³/mol. The van der Waals surface area contributed by atoms with Gasteiger partial charge >= 0.3 is 8.56 Å². The molecule has 1 aromatic rings. The standard InChI is InChI=1S/C23H42N2O3Si2/c1-7-26-29(4,5)17-11-15-24-20-22-13-10-14-23(19-22)21-25-16-12-18-30(6,27-8-2)28-9-3/h10,13-14,19-21H,7-9,11-12,15-18H2,1-6H3/b24-20+,25-21+. The lowest BCUT2D eigenvalue weighted by Crippen LogP contribution is -2.38. The molecule has 0 atom stereocenters. The maximum atomic E-state index is 5.88. The summed E-state index contributed by atoms with van der Waals surface area (Å²) in [6.45, 7) is 16.7. The van der Waals surface area contributed by atoms with Crippen LogP contribution < -0.4 is 0 Å². The van der Waals surface area contributed by atoms with Gasteiger partial charge in [0.25, 0.3) is 0 Å². The van der Waals surface area contributed by atoms with Crippen LogP contribution in [0.25, 0.3) is 0 Å². The summed E-state index contributed by atoms with van der Waals surface area (Å²) in [6, 6.07) is 10.5. The molecule has 1 rings (SSSR count). The maximum absolute atomic E-state index is 5.88. The van der Waals surface area contributed by atoms with Gasteiger partial charge in [-0.1, -0.05) is 18.2 Å². The lowest BCUT2D eigenvalue weighted by Gasteiger charge is -2.25. The van der Waals surface area contributed by atoms with E-state index in [0.29, 0.717) is 13.2 Å². The Labute approximate surface area is 186 Å². The van der Waals surface area contributed by atoms with Crippen LogP contribution in [0.5, 0.6) is 0 Å². The first kappa shape index (κ1) is 26.9. The van der Waals surface area contributed by atoms with E-state index < -0.39 is 16.9 Å². The van der Waals surface area contributed by atoms with Crippen LogP contribution in [0.2, 0.25) is 31.7 Å². The lowest BCUT2D eigenvalue weighted by molar-refractivity contribution is 0.188. The second kappa shape index (κ2) is 14.8. The van der Waals surface area contributed by atoms with Gasteiger partial charge in [0.1, 0.15) is 0 Å². The highest BCUT2D eigenvalue weighted by atomic mass is 28.4. The molecule has 0 bridgehead atoms. The molecule has 1 aromatic carbocycles. The van der Waals surface area contributed by atoms with Crippen molar-refractivity contribution in [1.82, 2.24) is 0 Å². The molecule has 0 saturated heterocycles. The van der Waals surface area contributed by atoms with Crippen LogP contribution in [0, 0.1) is 0 Å². The summed E-state index contributed by atoms with van der Waals surface area (Å²) in [6.07, 6.45) is 5.99. The summed E-state index contributed by atoms with van der Waals surface area (Å²) in [5, 5.41) is 0. The minimum atomic E-state index is -2.02. The van der Waals surface area contributed by atoms with Crippen molar-refractivity contribution in [1.29, 1.82) is 0 Å². The molecule has 0 aromatic heterocycles. The summed E-state index contributed by atoms with van der Waals surface area (Å²) < 4.78 is 17.6. The zero-order valence-corrected chi connectivity index (χ0v) is 21.9. The van der Waals surface area contributed by atoms with E-state index in [4.69, 9.17) is 13.3 Å². The number of aliphatic imine (C=N–C) groups is 2. The highest BCUT2D eigenvalue weighted by molar-refractivity contribution is 6.71. The van der Waals surface area contributed by atoms with Gasteiger partial charge in [-0.3, -0.25) is 9.98 Å². The van der Waals surface area contributed by atoms with Crippen LogP contribution in [-0.4, -0.2) is 62.2 Å². The first-order chi connectivity index (χ1) is 14.3. The van der Waals surface area contributed by atoms with Crippen LogP contribution in [0.3, 0.4) is 0 Å². The Balaban J connectivity index is 2.42. The van der Waals surface area contributed by atoms with Crippen molar-refractivity contribution in [3.8, 4) is 0 Å². The van der Waals surface area contributed by atoms with Crippen molar-refractivity contribution >= 4 is 29.3 Å². The highest BCUT2D eigenvalue weighted by Gasteiger charge is 2.29. The van der Waals surface area contributed by atoms with Gasteiger partial charge in [0.2, 0.25) is 0 Å². The van der Waals surface area contributed by atoms with Gasteiger partial charge < -0.3 is 13.3 Å². The zero-order chi connectivity index (χ0) is 22.3. The SMILES string of the molecule is CCO[Si](C)(C)CCC/N=C/c1cccc(/C=N/CCC[Si](C)(OCC)OCC)c1. The molecule has 0 heterocycles. The van der Waals surface area contributed by atoms with Crippen molar-refractivity contribution < 1.29 is 13.3 Å². The van der Waals surface area contributed by atoms with E-state index in [0.717, 1.165) is 55.8 Å². The summed E-state index contributed by atoms with van der Waals surface area (Å²) in [5.74, 6) is 0. The van der Waals surface area contributed by atoms with Crippen molar-refractivity contribution in [3.63, 3.8) is 0 Å². The fourth-order valence-corrected chi connectivity index (χ4v) is 7.74. The second-order valence-corrected chi connectivity index (χ2v) is 15.8. The van der Waals surface area contributed by atoms with Gasteiger partial charge in [0.05, 0.1) is 0 Å². The van der Waals surface area contributed by atoms with Gasteiger partial charge in [-0.25, -0.2) is 0 Å². The Morgan fingerprint density at radius 3 is 1.77 bits per heavy atom. The number of rotatable bonds is 16. The highest BCUT2D eigenvalue weighted by Crippen LogP contribution is 2.16. The number of nitrogens with zero attached hydrogens (tertiary/aromatic N) is 2. The van der Waals surface area contributed by atoms with E-state index in [1.807, 2.05) is 26.3 Å². The minimum absolute atomic E-state index is 0.715. The van der Waals surface area contributed by atoms with E-state index in [2.05, 4.69) is 60.8 Å². The molecule has 0 unspecified atom stereocenters. The third-order valence-corrected chi connectivity index (χ3v) is 10.5. The molecular weight excluding hydrogens is 408 g/mol. The monoisotopic (exact) mass is 450 g/mol. The normalized spacial score (nSPS) is 13.0. The van der Waals surface area contributed by atoms with Crippen LogP contribution in [0.4, 0.5) is 0 Å². The van der Waals surface area contributed by atoms with Crippen molar-refractivity contribution in [2.75, 3.05) is 32.9 Å². The van der Waals surface area contributed by atoms with E-state index >= 15 is 0 Å². The molecule has 0 aliphatic heterocycles.